The van der Waals surface area contributed by atoms with Crippen molar-refractivity contribution in [3.05, 3.63) is 23.8 Å². The highest BCUT2D eigenvalue weighted by atomic mass is 16.5. The van der Waals surface area contributed by atoms with Gasteiger partial charge in [0, 0.05) is 12.7 Å². The Hall–Kier alpha value is -1.59. The summed E-state index contributed by atoms with van der Waals surface area (Å²) >= 11 is 0. The van der Waals surface area contributed by atoms with Gasteiger partial charge < -0.3 is 10.2 Å². The molecule has 0 saturated carbocycles. The molecule has 5 heteroatoms. The Kier molecular flexibility index (Phi) is 5.25. The number of phenolic OH excluding ortho intramolecular Hbond substituents is 1. The maximum atomic E-state index is 10.3. The molecular formula is C8H11NO4. The molecule has 0 aliphatic carbocycles. The van der Waals surface area contributed by atoms with Crippen LogP contribution in [0.15, 0.2) is 18.2 Å². The van der Waals surface area contributed by atoms with Gasteiger partial charge in [0.05, 0.1) is 0 Å². The number of aromatic hydroxyl groups is 1. The number of carbonyl (C=O) groups excluding carboxylic acids is 1. The minimum atomic E-state index is -0.155. The van der Waals surface area contributed by atoms with Crippen molar-refractivity contribution in [2.45, 2.75) is 0 Å². The molecule has 0 bridgehead atoms. The summed E-state index contributed by atoms with van der Waals surface area (Å²) < 4.78 is 0. The second-order valence-electron chi connectivity index (χ2n) is 1.97. The lowest BCUT2D eigenvalue weighted by atomic mass is 10.2. The second-order valence-corrected chi connectivity index (χ2v) is 1.97. The van der Waals surface area contributed by atoms with Crippen LogP contribution in [0, 0.1) is 0 Å². The van der Waals surface area contributed by atoms with Crippen LogP contribution in [0.2, 0.25) is 0 Å². The van der Waals surface area contributed by atoms with Crippen molar-refractivity contribution in [3.8, 4) is 5.75 Å². The highest BCUT2D eigenvalue weighted by Crippen LogP contribution is 2.24. The number of phenols is 1. The predicted molar refractivity (Wildman–Crippen MR) is 47.0 cm³/mol. The Bertz CT molecular complexity index is 275. The number of benzene rings is 1. The molecule has 13 heavy (non-hydrogen) atoms. The van der Waals surface area contributed by atoms with Gasteiger partial charge in [-0.25, -0.2) is 0 Å². The smallest absolute Gasteiger partial charge is 0.152 e. The normalized spacial score (nSPS) is 8.23. The highest BCUT2D eigenvalue weighted by Gasteiger charge is 2.03. The highest BCUT2D eigenvalue weighted by molar-refractivity contribution is 5.86. The number of para-hydroxylation sites is 1. The number of aldehydes is 1. The van der Waals surface area contributed by atoms with Crippen LogP contribution in [0.25, 0.3) is 0 Å². The van der Waals surface area contributed by atoms with E-state index in [0.717, 1.165) is 7.11 Å². The van der Waals surface area contributed by atoms with E-state index in [1.165, 1.54) is 18.2 Å². The molecule has 0 unspecified atom stereocenters. The monoisotopic (exact) mass is 185 g/mol. The minimum absolute atomic E-state index is 0.0301. The Balaban J connectivity index is 0.000000671. The molecule has 4 N–H and O–H groups in total. The molecule has 1 aromatic carbocycles. The Labute approximate surface area is 75.2 Å². The lowest BCUT2D eigenvalue weighted by molar-refractivity contribution is 0.112. The number of nitrogens with one attached hydrogen (secondary N) is 1. The molecule has 72 valence electrons. The lowest BCUT2D eigenvalue weighted by Crippen LogP contribution is -1.94. The van der Waals surface area contributed by atoms with Gasteiger partial charge in [-0.15, -0.1) is 0 Å². The first-order valence-corrected chi connectivity index (χ1v) is 3.41. The largest absolute Gasteiger partial charge is 0.506 e. The van der Waals surface area contributed by atoms with E-state index in [4.69, 9.17) is 15.4 Å². The van der Waals surface area contributed by atoms with E-state index in [9.17, 15) is 4.79 Å². The van der Waals surface area contributed by atoms with E-state index < -0.39 is 0 Å². The van der Waals surface area contributed by atoms with Crippen LogP contribution < -0.4 is 5.48 Å². The van der Waals surface area contributed by atoms with Crippen LogP contribution in [0.3, 0.4) is 0 Å². The van der Waals surface area contributed by atoms with Gasteiger partial charge in [0.15, 0.2) is 6.29 Å². The molecular weight excluding hydrogens is 174 g/mol. The summed E-state index contributed by atoms with van der Waals surface area (Å²) in [4.78, 5) is 10.3. The van der Waals surface area contributed by atoms with Crippen LogP contribution in [0.1, 0.15) is 10.4 Å². The third kappa shape index (κ3) is 2.73. The molecule has 0 aromatic heterocycles. The number of hydrogen-bond donors (Lipinski definition) is 4. The molecule has 0 radical (unpaired) electrons. The van der Waals surface area contributed by atoms with Gasteiger partial charge in [0.1, 0.15) is 11.4 Å². The Morgan fingerprint density at radius 3 is 2.38 bits per heavy atom. The minimum Gasteiger partial charge on any atom is -0.506 e. The molecule has 1 rings (SSSR count). The van der Waals surface area contributed by atoms with Crippen LogP contribution in [-0.2, 0) is 0 Å². The quantitative estimate of drug-likeness (QED) is 0.308. The SMILES string of the molecule is CO.O=Cc1cccc(O)c1NO. The number of aliphatic hydroxyl groups excluding tert-OH is 1. The fourth-order valence-electron chi connectivity index (χ4n) is 0.778. The molecule has 0 fully saturated rings. The molecule has 0 spiro atoms. The summed E-state index contributed by atoms with van der Waals surface area (Å²) in [5.74, 6) is -0.155. The van der Waals surface area contributed by atoms with Crippen LogP contribution in [-0.4, -0.2) is 28.8 Å². The van der Waals surface area contributed by atoms with Gasteiger partial charge in [-0.05, 0) is 12.1 Å². The van der Waals surface area contributed by atoms with E-state index >= 15 is 0 Å². The Morgan fingerprint density at radius 1 is 1.38 bits per heavy atom. The molecule has 0 amide bonds. The van der Waals surface area contributed by atoms with E-state index in [-0.39, 0.29) is 17.0 Å². The second kappa shape index (κ2) is 5.99. The number of aliphatic hydroxyl groups is 1. The number of rotatable bonds is 2. The fourth-order valence-corrected chi connectivity index (χ4v) is 0.778. The number of anilines is 1. The zero-order valence-corrected chi connectivity index (χ0v) is 7.06. The average Bonchev–Trinajstić information content (AvgIpc) is 2.20. The molecule has 0 saturated heterocycles. The zero-order chi connectivity index (χ0) is 10.3. The van der Waals surface area contributed by atoms with Crippen LogP contribution in [0.4, 0.5) is 5.69 Å². The van der Waals surface area contributed by atoms with Crippen molar-refractivity contribution in [3.63, 3.8) is 0 Å². The molecule has 0 aliphatic rings. The molecule has 0 aliphatic heterocycles. The fraction of sp³-hybridized carbons (Fsp3) is 0.125. The number of carbonyl (C=O) groups is 1. The lowest BCUT2D eigenvalue weighted by Gasteiger charge is -2.03. The van der Waals surface area contributed by atoms with Crippen molar-refractivity contribution in [2.75, 3.05) is 12.6 Å². The molecule has 0 atom stereocenters. The van der Waals surface area contributed by atoms with Gasteiger partial charge in [0.2, 0.25) is 0 Å². The summed E-state index contributed by atoms with van der Waals surface area (Å²) in [7, 11) is 1.00. The first kappa shape index (κ1) is 11.4. The van der Waals surface area contributed by atoms with Gasteiger partial charge in [-0.3, -0.25) is 15.5 Å². The molecule has 1 aromatic rings. The van der Waals surface area contributed by atoms with Crippen molar-refractivity contribution in [2.24, 2.45) is 0 Å². The van der Waals surface area contributed by atoms with Gasteiger partial charge in [-0.2, -0.15) is 0 Å². The number of hydrogen-bond acceptors (Lipinski definition) is 5. The van der Waals surface area contributed by atoms with E-state index in [1.807, 2.05) is 0 Å². The summed E-state index contributed by atoms with van der Waals surface area (Å²) in [5, 5.41) is 24.5. The molecule has 5 nitrogen and oxygen atoms in total. The standard InChI is InChI=1S/C7H7NO3.CH4O/c9-4-5-2-1-3-6(10)7(5)8-11;1-2/h1-4,8,10-11H;2H,1H3. The van der Waals surface area contributed by atoms with Crippen LogP contribution >= 0.6 is 0 Å². The van der Waals surface area contributed by atoms with Crippen LogP contribution in [0.5, 0.6) is 5.75 Å². The van der Waals surface area contributed by atoms with E-state index in [0.29, 0.717) is 6.29 Å². The first-order chi connectivity index (χ1) is 6.29. The van der Waals surface area contributed by atoms with Gasteiger partial charge in [0.25, 0.3) is 0 Å². The summed E-state index contributed by atoms with van der Waals surface area (Å²) in [6, 6.07) is 4.36. The molecule has 0 heterocycles. The third-order valence-electron chi connectivity index (χ3n) is 1.31. The van der Waals surface area contributed by atoms with E-state index in [1.54, 1.807) is 5.48 Å². The third-order valence-corrected chi connectivity index (χ3v) is 1.31. The summed E-state index contributed by atoms with van der Waals surface area (Å²) in [6.45, 7) is 0. The van der Waals surface area contributed by atoms with Crippen molar-refractivity contribution >= 4 is 12.0 Å². The topological polar surface area (TPSA) is 89.8 Å². The average molecular weight is 185 g/mol. The first-order valence-electron chi connectivity index (χ1n) is 3.41. The van der Waals surface area contributed by atoms with Gasteiger partial charge in [-0.1, -0.05) is 6.07 Å². The maximum Gasteiger partial charge on any atom is 0.152 e. The van der Waals surface area contributed by atoms with Crippen molar-refractivity contribution in [1.29, 1.82) is 0 Å². The Morgan fingerprint density at radius 2 is 2.00 bits per heavy atom. The van der Waals surface area contributed by atoms with Crippen molar-refractivity contribution in [1.82, 2.24) is 0 Å². The predicted octanol–water partition coefficient (Wildman–Crippen LogP) is 0.614. The maximum absolute atomic E-state index is 10.3. The van der Waals surface area contributed by atoms with E-state index in [2.05, 4.69) is 0 Å². The van der Waals surface area contributed by atoms with Crippen molar-refractivity contribution < 1.29 is 20.2 Å². The summed E-state index contributed by atoms with van der Waals surface area (Å²) in [5.41, 5.74) is 1.98. The summed E-state index contributed by atoms with van der Waals surface area (Å²) in [6.07, 6.45) is 0.540. The zero-order valence-electron chi connectivity index (χ0n) is 7.06. The van der Waals surface area contributed by atoms with Gasteiger partial charge >= 0.3 is 0 Å².